The van der Waals surface area contributed by atoms with Crippen molar-refractivity contribution in [1.82, 2.24) is 4.90 Å². The molecule has 0 spiro atoms. The van der Waals surface area contributed by atoms with Crippen LogP contribution in [0.3, 0.4) is 0 Å². The van der Waals surface area contributed by atoms with Gasteiger partial charge in [0.05, 0.1) is 30.8 Å². The third kappa shape index (κ3) is 8.83. The van der Waals surface area contributed by atoms with Gasteiger partial charge in [0.1, 0.15) is 24.4 Å². The Kier molecular flexibility index (Phi) is 13.9. The zero-order valence-electron chi connectivity index (χ0n) is 33.6. The molecular weight excluding hydrogens is 678 g/mol. The first-order valence-corrected chi connectivity index (χ1v) is 20.5. The number of likely N-dealkylation sites (N-methyl/N-ethyl adjacent to an activating group) is 1. The molecule has 0 aromatic rings. The number of esters is 1. The Morgan fingerprint density at radius 3 is 2.26 bits per heavy atom. The van der Waals surface area contributed by atoms with Crippen LogP contribution in [0.4, 0.5) is 0 Å². The minimum absolute atomic E-state index is 0.0375. The number of hydrogen-bond acceptors (Lipinski definition) is 11. The summed E-state index contributed by atoms with van der Waals surface area (Å²) in [5.41, 5.74) is 0.767. The Hall–Kier alpha value is -1.70. The summed E-state index contributed by atoms with van der Waals surface area (Å²) in [6, 6.07) is 0.338. The normalized spacial score (nSPS) is 45.1. The summed E-state index contributed by atoms with van der Waals surface area (Å²) < 4.78 is 49.7. The summed E-state index contributed by atoms with van der Waals surface area (Å²) in [5.74, 6) is 0.0309. The first kappa shape index (κ1) is 40.9. The lowest BCUT2D eigenvalue weighted by Gasteiger charge is -2.44. The van der Waals surface area contributed by atoms with Crippen LogP contribution in [0.1, 0.15) is 91.9 Å². The summed E-state index contributed by atoms with van der Waals surface area (Å²) in [6.45, 7) is 8.24. The number of rotatable bonds is 10. The van der Waals surface area contributed by atoms with Gasteiger partial charge in [0, 0.05) is 39.2 Å². The van der Waals surface area contributed by atoms with Gasteiger partial charge < -0.3 is 42.8 Å². The molecule has 0 aromatic heterocycles. The number of cyclic esters (lactones) is 1. The van der Waals surface area contributed by atoms with Gasteiger partial charge in [0.25, 0.3) is 0 Å². The topological polar surface area (TPSA) is 111 Å². The van der Waals surface area contributed by atoms with E-state index in [-0.39, 0.29) is 96.8 Å². The number of Topliss-reactive ketones (excluding diaryl/α,β-unsaturated/α-hetero) is 1. The second kappa shape index (κ2) is 18.0. The van der Waals surface area contributed by atoms with Gasteiger partial charge in [-0.2, -0.15) is 0 Å². The molecular formula is C42H67NO10. The smallest absolute Gasteiger partial charge is 0.306 e. The molecule has 0 aromatic carbocycles. The zero-order chi connectivity index (χ0) is 38.0. The molecule has 0 N–H and O–H groups in total. The molecule has 3 aliphatic carbocycles. The van der Waals surface area contributed by atoms with Gasteiger partial charge >= 0.3 is 5.97 Å². The van der Waals surface area contributed by atoms with E-state index in [0.717, 1.165) is 56.9 Å². The van der Waals surface area contributed by atoms with E-state index >= 15 is 0 Å². The van der Waals surface area contributed by atoms with Crippen molar-refractivity contribution < 1.29 is 47.5 Å². The van der Waals surface area contributed by atoms with Crippen LogP contribution in [0.5, 0.6) is 0 Å². The van der Waals surface area contributed by atoms with E-state index in [2.05, 4.69) is 51.1 Å². The van der Waals surface area contributed by atoms with Crippen molar-refractivity contribution in [2.45, 2.75) is 159 Å². The number of ketones is 1. The first-order valence-electron chi connectivity index (χ1n) is 20.5. The van der Waals surface area contributed by atoms with Crippen molar-refractivity contribution in [3.05, 3.63) is 23.8 Å². The Balaban J connectivity index is 1.21. The van der Waals surface area contributed by atoms with Crippen LogP contribution in [0.2, 0.25) is 0 Å². The predicted molar refractivity (Wildman–Crippen MR) is 199 cm³/mol. The fraction of sp³-hybridized carbons (Fsp3) is 0.857. The molecule has 4 fully saturated rings. The van der Waals surface area contributed by atoms with E-state index in [4.69, 9.17) is 37.9 Å². The number of carbonyl (C=O) groups is 2. The van der Waals surface area contributed by atoms with Crippen molar-refractivity contribution in [1.29, 1.82) is 0 Å². The lowest BCUT2D eigenvalue weighted by molar-refractivity contribution is -0.314. The monoisotopic (exact) mass is 745 g/mol. The number of allylic oxidation sites excluding steroid dienone is 4. The Labute approximate surface area is 317 Å². The maximum atomic E-state index is 14.7. The third-order valence-corrected chi connectivity index (χ3v) is 13.4. The Bertz CT molecular complexity index is 1300. The van der Waals surface area contributed by atoms with Gasteiger partial charge in [-0.15, -0.1) is 0 Å². The minimum atomic E-state index is -0.594. The first-order chi connectivity index (χ1) is 25.5. The fourth-order valence-electron chi connectivity index (χ4n) is 10.6. The third-order valence-electron chi connectivity index (χ3n) is 13.4. The summed E-state index contributed by atoms with van der Waals surface area (Å²) in [4.78, 5) is 30.5. The minimum Gasteiger partial charge on any atom is -0.462 e. The quantitative estimate of drug-likeness (QED) is 0.198. The van der Waals surface area contributed by atoms with E-state index in [1.54, 1.807) is 21.3 Å². The van der Waals surface area contributed by atoms with E-state index in [0.29, 0.717) is 18.4 Å². The van der Waals surface area contributed by atoms with Crippen LogP contribution < -0.4 is 0 Å². The summed E-state index contributed by atoms with van der Waals surface area (Å²) in [5, 5.41) is 0. The van der Waals surface area contributed by atoms with Crippen molar-refractivity contribution in [2.24, 2.45) is 35.5 Å². The molecule has 11 nitrogen and oxygen atoms in total. The summed E-state index contributed by atoms with van der Waals surface area (Å²) in [7, 11) is 9.16. The van der Waals surface area contributed by atoms with Crippen LogP contribution in [0.15, 0.2) is 23.8 Å². The second-order valence-corrected chi connectivity index (χ2v) is 16.9. The molecule has 17 atom stereocenters. The number of ether oxygens (including phenoxy) is 8. The van der Waals surface area contributed by atoms with Gasteiger partial charge in [0.2, 0.25) is 0 Å². The standard InChI is InChI=1S/C42H67NO10/c1-10-12-27-13-11-14-35(53-37-18-17-34(43(5)6)24(3)49-37)23(2)38(45)33-21-31-29(32(33)22-36(44)51-27)16-15-26-19-28(20-30(26)31)52-42-41(48-9)40(47-8)39(46-7)25(4)50-42/h15-16,21,23-32,34-35,37,39-42H,10-14,17-20,22H2,1-9H3/t23-,24-,25+,26-,27+,28-,29-,30-,31-,32+,34+,35+,37+,39+,40-,41-,42+/m1/s1. The van der Waals surface area contributed by atoms with Gasteiger partial charge in [-0.25, -0.2) is 0 Å². The maximum absolute atomic E-state index is 14.7. The molecule has 0 unspecified atom stereocenters. The number of methoxy groups -OCH3 is 3. The highest BCUT2D eigenvalue weighted by Gasteiger charge is 2.52. The van der Waals surface area contributed by atoms with E-state index in [1.165, 1.54) is 0 Å². The lowest BCUT2D eigenvalue weighted by Crippen LogP contribution is -2.59. The molecule has 0 radical (unpaired) electrons. The average Bonchev–Trinajstić information content (AvgIpc) is 3.70. The molecule has 1 saturated carbocycles. The second-order valence-electron chi connectivity index (χ2n) is 16.9. The maximum Gasteiger partial charge on any atom is 0.306 e. The van der Waals surface area contributed by atoms with Crippen molar-refractivity contribution in [3.63, 3.8) is 0 Å². The highest BCUT2D eigenvalue weighted by Crippen LogP contribution is 2.54. The van der Waals surface area contributed by atoms with Gasteiger partial charge in [0.15, 0.2) is 18.4 Å². The fourth-order valence-corrected chi connectivity index (χ4v) is 10.6. The highest BCUT2D eigenvalue weighted by molar-refractivity contribution is 5.99. The molecule has 6 aliphatic rings. The highest BCUT2D eigenvalue weighted by atomic mass is 16.7. The van der Waals surface area contributed by atoms with E-state index < -0.39 is 12.4 Å². The number of hydrogen-bond donors (Lipinski definition) is 0. The van der Waals surface area contributed by atoms with E-state index in [9.17, 15) is 9.59 Å². The average molecular weight is 746 g/mol. The molecule has 11 heteroatoms. The lowest BCUT2D eigenvalue weighted by atomic mass is 9.70. The zero-order valence-corrected chi connectivity index (χ0v) is 33.6. The van der Waals surface area contributed by atoms with Gasteiger partial charge in [-0.05, 0) is 109 Å². The molecule has 6 rings (SSSR count). The Morgan fingerprint density at radius 1 is 0.830 bits per heavy atom. The van der Waals surface area contributed by atoms with E-state index in [1.807, 2.05) is 13.8 Å². The van der Waals surface area contributed by atoms with Crippen LogP contribution in [0.25, 0.3) is 0 Å². The molecule has 3 saturated heterocycles. The summed E-state index contributed by atoms with van der Waals surface area (Å²) in [6.07, 6.45) is 11.9. The summed E-state index contributed by atoms with van der Waals surface area (Å²) >= 11 is 0. The molecule has 0 bridgehead atoms. The van der Waals surface area contributed by atoms with Gasteiger partial charge in [-0.1, -0.05) is 38.5 Å². The molecule has 3 heterocycles. The number of nitrogens with zero attached hydrogens (tertiary/aromatic N) is 1. The van der Waals surface area contributed by atoms with Crippen LogP contribution in [-0.4, -0.2) is 120 Å². The van der Waals surface area contributed by atoms with Crippen molar-refractivity contribution in [3.8, 4) is 0 Å². The van der Waals surface area contributed by atoms with Gasteiger partial charge in [-0.3, -0.25) is 9.59 Å². The molecule has 3 aliphatic heterocycles. The SMILES string of the molecule is CCC[C@H]1CCC[C@H](O[C@H]2CC[C@H](N(C)C)[C@@H](C)O2)[C@@H](C)C(=O)C2=C[C@@H]3[C@@H](C=C[C@@H]4C[C@@H](O[C@@H]5O[C@@H](C)[C@H](OC)[C@@H](OC)[C@H]5OC)C[C@@H]34)[C@@H]2CC(=O)O1. The van der Waals surface area contributed by atoms with Crippen molar-refractivity contribution in [2.75, 3.05) is 35.4 Å². The largest absolute Gasteiger partial charge is 0.462 e. The predicted octanol–water partition coefficient (Wildman–Crippen LogP) is 5.88. The molecule has 0 amide bonds. The molecule has 300 valence electrons. The van der Waals surface area contributed by atoms with Crippen LogP contribution in [-0.2, 0) is 47.5 Å². The Morgan fingerprint density at radius 2 is 1.58 bits per heavy atom. The van der Waals surface area contributed by atoms with Crippen LogP contribution >= 0.6 is 0 Å². The van der Waals surface area contributed by atoms with Crippen molar-refractivity contribution >= 4 is 11.8 Å². The number of fused-ring (bicyclic) bond motifs is 5. The number of carbonyl (C=O) groups excluding carboxylic acids is 2. The van der Waals surface area contributed by atoms with Crippen LogP contribution in [0, 0.1) is 35.5 Å². The molecule has 53 heavy (non-hydrogen) atoms.